The molecule has 0 aromatic rings. The second kappa shape index (κ2) is 10.2. The van der Waals surface area contributed by atoms with Crippen LogP contribution in [0.4, 0.5) is 0 Å². The summed E-state index contributed by atoms with van der Waals surface area (Å²) in [6, 6.07) is 0.296. The van der Waals surface area contributed by atoms with Crippen molar-refractivity contribution in [3.8, 4) is 0 Å². The van der Waals surface area contributed by atoms with Crippen molar-refractivity contribution in [3.05, 3.63) is 0 Å². The molecule has 1 saturated carbocycles. The highest BCUT2D eigenvalue weighted by Gasteiger charge is 2.21. The van der Waals surface area contributed by atoms with Gasteiger partial charge in [-0.1, -0.05) is 46.0 Å². The van der Waals surface area contributed by atoms with Gasteiger partial charge in [0.05, 0.1) is 6.61 Å². The molecule has 1 fully saturated rings. The van der Waals surface area contributed by atoms with Gasteiger partial charge in [-0.2, -0.15) is 0 Å². The quantitative estimate of drug-likeness (QED) is 0.700. The first-order chi connectivity index (χ1) is 9.72. The van der Waals surface area contributed by atoms with Crippen molar-refractivity contribution in [1.29, 1.82) is 0 Å². The van der Waals surface area contributed by atoms with Gasteiger partial charge in [-0.25, -0.2) is 0 Å². The molecule has 20 heavy (non-hydrogen) atoms. The summed E-state index contributed by atoms with van der Waals surface area (Å²) >= 11 is 0. The molecular formula is C17H33NO2. The number of carbonyl (C=O) groups is 1. The maximum Gasteiger partial charge on any atom is 0.222 e. The Morgan fingerprint density at radius 1 is 1.20 bits per heavy atom. The molecule has 0 spiro atoms. The standard InChI is InChI=1S/C17H33NO2/c1-3-16(4-2)18(13-14-19)17(20)12-8-11-15-9-6-5-7-10-15/h15-16,19H,3-14H2,1-2H3. The zero-order valence-corrected chi connectivity index (χ0v) is 13.4. The van der Waals surface area contributed by atoms with Crippen molar-refractivity contribution in [2.75, 3.05) is 13.2 Å². The lowest BCUT2D eigenvalue weighted by Gasteiger charge is -2.30. The van der Waals surface area contributed by atoms with E-state index in [-0.39, 0.29) is 12.5 Å². The molecule has 3 nitrogen and oxygen atoms in total. The Morgan fingerprint density at radius 3 is 2.40 bits per heavy atom. The van der Waals surface area contributed by atoms with Gasteiger partial charge in [0.15, 0.2) is 0 Å². The van der Waals surface area contributed by atoms with Crippen LogP contribution in [0.3, 0.4) is 0 Å². The van der Waals surface area contributed by atoms with Crippen LogP contribution in [0.1, 0.15) is 78.1 Å². The highest BCUT2D eigenvalue weighted by molar-refractivity contribution is 5.76. The van der Waals surface area contributed by atoms with Crippen LogP contribution in [0, 0.1) is 5.92 Å². The minimum absolute atomic E-state index is 0.0743. The maximum atomic E-state index is 12.3. The van der Waals surface area contributed by atoms with Crippen molar-refractivity contribution in [3.63, 3.8) is 0 Å². The van der Waals surface area contributed by atoms with Gasteiger partial charge in [-0.3, -0.25) is 4.79 Å². The minimum Gasteiger partial charge on any atom is -0.395 e. The molecule has 0 heterocycles. The Bertz CT molecular complexity index is 258. The predicted octanol–water partition coefficient (Wildman–Crippen LogP) is 3.75. The van der Waals surface area contributed by atoms with Crippen LogP contribution in [0.15, 0.2) is 0 Å². The highest BCUT2D eigenvalue weighted by Crippen LogP contribution is 2.27. The number of hydrogen-bond acceptors (Lipinski definition) is 2. The minimum atomic E-state index is 0.0743. The fourth-order valence-corrected chi connectivity index (χ4v) is 3.51. The van der Waals surface area contributed by atoms with Gasteiger partial charge >= 0.3 is 0 Å². The smallest absolute Gasteiger partial charge is 0.222 e. The van der Waals surface area contributed by atoms with E-state index in [1.165, 1.54) is 38.5 Å². The molecule has 0 radical (unpaired) electrons. The lowest BCUT2D eigenvalue weighted by atomic mass is 9.86. The molecule has 0 aromatic heterocycles. The molecule has 1 rings (SSSR count). The first kappa shape index (κ1) is 17.5. The monoisotopic (exact) mass is 283 g/mol. The zero-order valence-electron chi connectivity index (χ0n) is 13.4. The SMILES string of the molecule is CCC(CC)N(CCO)C(=O)CCCC1CCCCC1. The summed E-state index contributed by atoms with van der Waals surface area (Å²) in [5, 5.41) is 9.16. The highest BCUT2D eigenvalue weighted by atomic mass is 16.3. The molecule has 1 amide bonds. The molecule has 0 bridgehead atoms. The van der Waals surface area contributed by atoms with Crippen LogP contribution < -0.4 is 0 Å². The summed E-state index contributed by atoms with van der Waals surface area (Å²) < 4.78 is 0. The van der Waals surface area contributed by atoms with Gasteiger partial charge in [0.25, 0.3) is 0 Å². The fourth-order valence-electron chi connectivity index (χ4n) is 3.51. The predicted molar refractivity (Wildman–Crippen MR) is 83.6 cm³/mol. The number of aliphatic hydroxyl groups excluding tert-OH is 1. The van der Waals surface area contributed by atoms with E-state index in [1.807, 2.05) is 4.90 Å². The molecular weight excluding hydrogens is 250 g/mol. The van der Waals surface area contributed by atoms with Crippen molar-refractivity contribution in [2.24, 2.45) is 5.92 Å². The molecule has 118 valence electrons. The first-order valence-electron chi connectivity index (χ1n) is 8.63. The van der Waals surface area contributed by atoms with Crippen LogP contribution in [0.5, 0.6) is 0 Å². The molecule has 3 heteroatoms. The first-order valence-corrected chi connectivity index (χ1v) is 8.63. The van der Waals surface area contributed by atoms with E-state index in [2.05, 4.69) is 13.8 Å². The zero-order chi connectivity index (χ0) is 14.8. The molecule has 0 aliphatic heterocycles. The van der Waals surface area contributed by atoms with Crippen molar-refractivity contribution in [2.45, 2.75) is 84.1 Å². The lowest BCUT2D eigenvalue weighted by molar-refractivity contribution is -0.134. The number of carbonyl (C=O) groups excluding carboxylic acids is 1. The third-order valence-electron chi connectivity index (χ3n) is 4.77. The second-order valence-electron chi connectivity index (χ2n) is 6.18. The normalized spacial score (nSPS) is 16.6. The molecule has 0 saturated heterocycles. The second-order valence-corrected chi connectivity index (χ2v) is 6.18. The number of hydrogen-bond donors (Lipinski definition) is 1. The van der Waals surface area contributed by atoms with E-state index in [0.717, 1.165) is 25.2 Å². The van der Waals surface area contributed by atoms with E-state index in [1.54, 1.807) is 0 Å². The van der Waals surface area contributed by atoms with E-state index in [4.69, 9.17) is 5.11 Å². The summed E-state index contributed by atoms with van der Waals surface area (Å²) in [7, 11) is 0. The lowest BCUT2D eigenvalue weighted by Crippen LogP contribution is -2.41. The van der Waals surface area contributed by atoms with Crippen LogP contribution >= 0.6 is 0 Å². The Kier molecular flexibility index (Phi) is 8.92. The van der Waals surface area contributed by atoms with Gasteiger partial charge < -0.3 is 10.0 Å². The maximum absolute atomic E-state index is 12.3. The van der Waals surface area contributed by atoms with Gasteiger partial charge in [0, 0.05) is 19.0 Å². The Morgan fingerprint density at radius 2 is 1.85 bits per heavy atom. The summed E-state index contributed by atoms with van der Waals surface area (Å²) in [5.41, 5.74) is 0. The molecule has 1 N–H and O–H groups in total. The Labute approximate surface area is 124 Å². The average Bonchev–Trinajstić information content (AvgIpc) is 2.48. The van der Waals surface area contributed by atoms with Crippen molar-refractivity contribution < 1.29 is 9.90 Å². The van der Waals surface area contributed by atoms with Gasteiger partial charge in [0.2, 0.25) is 5.91 Å². The van der Waals surface area contributed by atoms with E-state index < -0.39 is 0 Å². The summed E-state index contributed by atoms with van der Waals surface area (Å²) in [6.07, 6.45) is 11.7. The third-order valence-corrected chi connectivity index (χ3v) is 4.77. The van der Waals surface area contributed by atoms with Crippen LogP contribution in [-0.2, 0) is 4.79 Å². The van der Waals surface area contributed by atoms with Gasteiger partial charge in [-0.15, -0.1) is 0 Å². The van der Waals surface area contributed by atoms with Crippen molar-refractivity contribution >= 4 is 5.91 Å². The van der Waals surface area contributed by atoms with Gasteiger partial charge in [-0.05, 0) is 31.6 Å². The fraction of sp³-hybridized carbons (Fsp3) is 0.941. The van der Waals surface area contributed by atoms with Gasteiger partial charge in [0.1, 0.15) is 0 Å². The largest absolute Gasteiger partial charge is 0.395 e. The molecule has 0 atom stereocenters. The van der Waals surface area contributed by atoms with E-state index in [0.29, 0.717) is 19.0 Å². The topological polar surface area (TPSA) is 40.5 Å². The third kappa shape index (κ3) is 5.82. The number of amides is 1. The average molecular weight is 283 g/mol. The van der Waals surface area contributed by atoms with Crippen molar-refractivity contribution in [1.82, 2.24) is 4.90 Å². The Balaban J connectivity index is 2.33. The van der Waals surface area contributed by atoms with Crippen LogP contribution in [0.2, 0.25) is 0 Å². The molecule has 0 aromatic carbocycles. The summed E-state index contributed by atoms with van der Waals surface area (Å²) in [5.74, 6) is 1.10. The Hall–Kier alpha value is -0.570. The van der Waals surface area contributed by atoms with Crippen LogP contribution in [-0.4, -0.2) is 35.1 Å². The van der Waals surface area contributed by atoms with E-state index in [9.17, 15) is 4.79 Å². The van der Waals surface area contributed by atoms with Crippen LogP contribution in [0.25, 0.3) is 0 Å². The summed E-state index contributed by atoms with van der Waals surface area (Å²) in [6.45, 7) is 4.81. The molecule has 1 aliphatic rings. The number of nitrogens with zero attached hydrogens (tertiary/aromatic N) is 1. The van der Waals surface area contributed by atoms with E-state index >= 15 is 0 Å². The summed E-state index contributed by atoms with van der Waals surface area (Å²) in [4.78, 5) is 14.3. The molecule has 1 aliphatic carbocycles. The number of rotatable bonds is 9. The molecule has 0 unspecified atom stereocenters. The number of aliphatic hydroxyl groups is 1.